The van der Waals surface area contributed by atoms with Crippen molar-refractivity contribution in [1.82, 2.24) is 10.6 Å². The van der Waals surface area contributed by atoms with E-state index in [1.54, 1.807) is 11.3 Å². The van der Waals surface area contributed by atoms with Gasteiger partial charge in [0.1, 0.15) is 0 Å². The van der Waals surface area contributed by atoms with Crippen LogP contribution in [0.5, 0.6) is 0 Å². The maximum absolute atomic E-state index is 13.0. The molecule has 4 nitrogen and oxygen atoms in total. The summed E-state index contributed by atoms with van der Waals surface area (Å²) in [6.45, 7) is 3.22. The van der Waals surface area contributed by atoms with Crippen LogP contribution in [0.4, 0.5) is 0 Å². The summed E-state index contributed by atoms with van der Waals surface area (Å²) in [5.41, 5.74) is -0.301. The van der Waals surface area contributed by atoms with E-state index < -0.39 is 0 Å². The van der Waals surface area contributed by atoms with E-state index in [1.165, 1.54) is 11.3 Å². The highest BCUT2D eigenvalue weighted by Crippen LogP contribution is 2.41. The van der Waals surface area contributed by atoms with Gasteiger partial charge in [-0.25, -0.2) is 0 Å². The van der Waals surface area contributed by atoms with Gasteiger partial charge >= 0.3 is 0 Å². The van der Waals surface area contributed by atoms with Crippen LogP contribution in [0.1, 0.15) is 43.4 Å². The van der Waals surface area contributed by atoms with Gasteiger partial charge in [-0.05, 0) is 37.3 Å². The molecule has 0 radical (unpaired) electrons. The van der Waals surface area contributed by atoms with Crippen molar-refractivity contribution in [3.63, 3.8) is 0 Å². The number of hydrogen-bond acceptors (Lipinski definition) is 4. The Bertz CT molecular complexity index is 461. The second kappa shape index (κ2) is 7.57. The number of rotatable bonds is 4. The van der Waals surface area contributed by atoms with Gasteiger partial charge < -0.3 is 15.4 Å². The molecule has 1 aromatic rings. The summed E-state index contributed by atoms with van der Waals surface area (Å²) >= 11 is 1.72. The molecule has 122 valence electrons. The van der Waals surface area contributed by atoms with E-state index in [0.29, 0.717) is 6.54 Å². The molecule has 2 N–H and O–H groups in total. The molecule has 2 aliphatic rings. The van der Waals surface area contributed by atoms with Crippen molar-refractivity contribution in [1.29, 1.82) is 0 Å². The van der Waals surface area contributed by atoms with E-state index in [9.17, 15) is 4.79 Å². The highest BCUT2D eigenvalue weighted by molar-refractivity contribution is 7.10. The van der Waals surface area contributed by atoms with E-state index in [1.807, 2.05) is 0 Å². The zero-order valence-corrected chi connectivity index (χ0v) is 13.9. The van der Waals surface area contributed by atoms with Crippen LogP contribution in [0, 0.1) is 0 Å². The lowest BCUT2D eigenvalue weighted by Crippen LogP contribution is -2.48. The predicted molar refractivity (Wildman–Crippen MR) is 89.3 cm³/mol. The van der Waals surface area contributed by atoms with E-state index in [4.69, 9.17) is 4.74 Å². The van der Waals surface area contributed by atoms with Crippen LogP contribution < -0.4 is 10.6 Å². The van der Waals surface area contributed by atoms with Gasteiger partial charge in [0.05, 0.1) is 11.5 Å². The molecule has 0 spiro atoms. The molecule has 1 aliphatic carbocycles. The van der Waals surface area contributed by atoms with Crippen molar-refractivity contribution in [2.24, 2.45) is 0 Å². The Labute approximate surface area is 136 Å². The van der Waals surface area contributed by atoms with Crippen molar-refractivity contribution in [2.45, 2.75) is 50.0 Å². The third kappa shape index (κ3) is 3.53. The predicted octanol–water partition coefficient (Wildman–Crippen LogP) is 2.44. The average molecular weight is 322 g/mol. The average Bonchev–Trinajstić information content (AvgIpc) is 2.98. The van der Waals surface area contributed by atoms with Crippen LogP contribution in [-0.2, 0) is 14.9 Å². The Kier molecular flexibility index (Phi) is 5.50. The highest BCUT2D eigenvalue weighted by Gasteiger charge is 2.41. The first-order valence-corrected chi connectivity index (χ1v) is 9.34. The third-order valence-electron chi connectivity index (χ3n) is 4.85. The van der Waals surface area contributed by atoms with Gasteiger partial charge in [0.2, 0.25) is 5.91 Å². The fourth-order valence-electron chi connectivity index (χ4n) is 3.57. The van der Waals surface area contributed by atoms with E-state index in [2.05, 4.69) is 28.1 Å². The Balaban J connectivity index is 1.64. The zero-order chi connectivity index (χ0) is 15.3. The van der Waals surface area contributed by atoms with Crippen molar-refractivity contribution < 1.29 is 9.53 Å². The summed E-state index contributed by atoms with van der Waals surface area (Å²) in [6.07, 6.45) is 6.63. The van der Waals surface area contributed by atoms with Gasteiger partial charge in [-0.3, -0.25) is 4.79 Å². The fourth-order valence-corrected chi connectivity index (χ4v) is 4.55. The molecule has 22 heavy (non-hydrogen) atoms. The van der Waals surface area contributed by atoms with E-state index in [0.717, 1.165) is 51.8 Å². The van der Waals surface area contributed by atoms with Gasteiger partial charge in [-0.15, -0.1) is 11.3 Å². The number of nitrogens with one attached hydrogen (secondary N) is 2. The second-order valence-electron chi connectivity index (χ2n) is 6.38. The molecule has 1 saturated carbocycles. The van der Waals surface area contributed by atoms with Crippen LogP contribution in [-0.4, -0.2) is 38.3 Å². The van der Waals surface area contributed by atoms with Crippen LogP contribution >= 0.6 is 11.3 Å². The quantitative estimate of drug-likeness (QED) is 0.895. The Morgan fingerprint density at radius 1 is 1.36 bits per heavy atom. The maximum atomic E-state index is 13.0. The van der Waals surface area contributed by atoms with Crippen LogP contribution in [0.2, 0.25) is 0 Å². The molecule has 1 atom stereocenters. The van der Waals surface area contributed by atoms with Gasteiger partial charge in [-0.2, -0.15) is 0 Å². The molecular formula is C17H26N2O2S. The molecule has 5 heteroatoms. The number of amides is 1. The summed E-state index contributed by atoms with van der Waals surface area (Å²) in [6, 6.07) is 4.18. The maximum Gasteiger partial charge on any atom is 0.231 e. The second-order valence-corrected chi connectivity index (χ2v) is 7.33. The summed E-state index contributed by atoms with van der Waals surface area (Å²) in [7, 11) is 0. The first-order valence-electron chi connectivity index (χ1n) is 8.46. The molecule has 3 rings (SSSR count). The highest BCUT2D eigenvalue weighted by atomic mass is 32.1. The van der Waals surface area contributed by atoms with Gasteiger partial charge in [0, 0.05) is 24.6 Å². The summed E-state index contributed by atoms with van der Waals surface area (Å²) in [5.74, 6) is 0.197. The molecule has 1 saturated heterocycles. The summed E-state index contributed by atoms with van der Waals surface area (Å²) in [4.78, 5) is 14.2. The van der Waals surface area contributed by atoms with Crippen molar-refractivity contribution in [3.05, 3.63) is 22.4 Å². The minimum Gasteiger partial charge on any atom is -0.375 e. The first-order chi connectivity index (χ1) is 10.8. The van der Waals surface area contributed by atoms with Crippen molar-refractivity contribution >= 4 is 17.2 Å². The van der Waals surface area contributed by atoms with Crippen LogP contribution in [0.15, 0.2) is 17.5 Å². The molecule has 1 unspecified atom stereocenters. The smallest absolute Gasteiger partial charge is 0.231 e. The first kappa shape index (κ1) is 16.0. The standard InChI is InChI=1S/C17H26N2O2S/c20-16(19-13-14-12-18-9-5-10-21-14)17(7-2-1-3-8-17)15-6-4-11-22-15/h4,6,11,14,18H,1-3,5,7-10,12-13H2,(H,19,20). The molecule has 1 amide bonds. The van der Waals surface area contributed by atoms with Gasteiger partial charge in [0.15, 0.2) is 0 Å². The number of ether oxygens (including phenoxy) is 1. The molecule has 1 aromatic heterocycles. The van der Waals surface area contributed by atoms with E-state index >= 15 is 0 Å². The van der Waals surface area contributed by atoms with Gasteiger partial charge in [0.25, 0.3) is 0 Å². The van der Waals surface area contributed by atoms with Gasteiger partial charge in [-0.1, -0.05) is 25.3 Å². The number of carbonyl (C=O) groups is 1. The molecule has 2 fully saturated rings. The summed E-state index contributed by atoms with van der Waals surface area (Å²) < 4.78 is 5.79. The SMILES string of the molecule is O=C(NCC1CNCCCO1)C1(c2cccs2)CCCCC1. The molecular weight excluding hydrogens is 296 g/mol. The zero-order valence-electron chi connectivity index (χ0n) is 13.1. The van der Waals surface area contributed by atoms with Crippen molar-refractivity contribution in [3.8, 4) is 0 Å². The largest absolute Gasteiger partial charge is 0.375 e. The topological polar surface area (TPSA) is 50.4 Å². The molecule has 1 aliphatic heterocycles. The number of carbonyl (C=O) groups excluding carboxylic acids is 1. The lowest BCUT2D eigenvalue weighted by molar-refractivity contribution is -0.128. The van der Waals surface area contributed by atoms with Crippen molar-refractivity contribution in [2.75, 3.05) is 26.2 Å². The van der Waals surface area contributed by atoms with Crippen LogP contribution in [0.3, 0.4) is 0 Å². The summed E-state index contributed by atoms with van der Waals surface area (Å²) in [5, 5.41) is 8.63. The number of hydrogen-bond donors (Lipinski definition) is 2. The molecule has 2 heterocycles. The fraction of sp³-hybridized carbons (Fsp3) is 0.706. The van der Waals surface area contributed by atoms with E-state index in [-0.39, 0.29) is 17.4 Å². The molecule has 0 bridgehead atoms. The number of thiophene rings is 1. The normalized spacial score (nSPS) is 25.4. The molecule has 0 aromatic carbocycles. The minimum atomic E-state index is -0.301. The Hall–Kier alpha value is -0.910. The Morgan fingerprint density at radius 3 is 3.00 bits per heavy atom. The van der Waals surface area contributed by atoms with Crippen LogP contribution in [0.25, 0.3) is 0 Å². The Morgan fingerprint density at radius 2 is 2.23 bits per heavy atom. The third-order valence-corrected chi connectivity index (χ3v) is 5.92. The lowest BCUT2D eigenvalue weighted by atomic mass is 9.72. The lowest BCUT2D eigenvalue weighted by Gasteiger charge is -2.35. The minimum absolute atomic E-state index is 0.0930. The monoisotopic (exact) mass is 322 g/mol.